The number of nitrogens with one attached hydrogen (secondary N) is 1. The summed E-state index contributed by atoms with van der Waals surface area (Å²) in [5, 5.41) is 3.57. The molecule has 0 amide bonds. The van der Waals surface area contributed by atoms with Gasteiger partial charge in [0.05, 0.1) is 0 Å². The van der Waals surface area contributed by atoms with Gasteiger partial charge in [-0.05, 0) is 54.8 Å². The summed E-state index contributed by atoms with van der Waals surface area (Å²) in [6.07, 6.45) is 1.23. The van der Waals surface area contributed by atoms with Crippen LogP contribution in [0.15, 0.2) is 0 Å². The summed E-state index contributed by atoms with van der Waals surface area (Å²) in [5.41, 5.74) is 0.304. The predicted molar refractivity (Wildman–Crippen MR) is 70.9 cm³/mol. The van der Waals surface area contributed by atoms with E-state index in [-0.39, 0.29) is 0 Å². The molecule has 3 heteroatoms. The number of rotatable bonds is 3. The maximum absolute atomic E-state index is 3.57. The fourth-order valence-electron chi connectivity index (χ4n) is 3.08. The number of likely N-dealkylation sites (N-methyl/N-ethyl adjacent to an activating group) is 1. The van der Waals surface area contributed by atoms with E-state index in [1.165, 1.54) is 6.42 Å². The lowest BCUT2D eigenvalue weighted by Crippen LogP contribution is -2.56. The summed E-state index contributed by atoms with van der Waals surface area (Å²) < 4.78 is 0. The fraction of sp³-hybridized carbons (Fsp3) is 1.00. The molecule has 0 aromatic carbocycles. The van der Waals surface area contributed by atoms with E-state index in [0.717, 1.165) is 19.6 Å². The molecule has 1 fully saturated rings. The van der Waals surface area contributed by atoms with E-state index >= 15 is 0 Å². The molecule has 1 aliphatic rings. The van der Waals surface area contributed by atoms with Crippen LogP contribution < -0.4 is 5.32 Å². The molecule has 1 heterocycles. The van der Waals surface area contributed by atoms with Crippen molar-refractivity contribution in [2.45, 2.75) is 51.7 Å². The molecule has 3 nitrogen and oxygen atoms in total. The lowest BCUT2D eigenvalue weighted by Gasteiger charge is -2.45. The van der Waals surface area contributed by atoms with Gasteiger partial charge in [0.15, 0.2) is 0 Å². The van der Waals surface area contributed by atoms with Crippen LogP contribution in [0.1, 0.15) is 34.1 Å². The molecule has 0 aliphatic carbocycles. The Bertz CT molecular complexity index is 211. The van der Waals surface area contributed by atoms with Crippen molar-refractivity contribution < 1.29 is 0 Å². The smallest absolute Gasteiger partial charge is 0.0355 e. The van der Waals surface area contributed by atoms with Gasteiger partial charge in [0.1, 0.15) is 0 Å². The molecular formula is C13H29N3. The van der Waals surface area contributed by atoms with Gasteiger partial charge >= 0.3 is 0 Å². The van der Waals surface area contributed by atoms with Gasteiger partial charge in [-0.15, -0.1) is 0 Å². The molecular weight excluding hydrogens is 198 g/mol. The Labute approximate surface area is 101 Å². The SMILES string of the molecule is CC(C)N1C(CN(C)C)CNCCC1(C)C. The van der Waals surface area contributed by atoms with Crippen LogP contribution in [-0.2, 0) is 0 Å². The first-order chi connectivity index (χ1) is 7.34. The second-order valence-corrected chi connectivity index (χ2v) is 6.18. The van der Waals surface area contributed by atoms with Crippen molar-refractivity contribution in [1.82, 2.24) is 15.1 Å². The molecule has 0 bridgehead atoms. The Hall–Kier alpha value is -0.120. The zero-order valence-electron chi connectivity index (χ0n) is 11.9. The molecule has 0 saturated carbocycles. The van der Waals surface area contributed by atoms with Crippen LogP contribution >= 0.6 is 0 Å². The quantitative estimate of drug-likeness (QED) is 0.786. The fourth-order valence-corrected chi connectivity index (χ4v) is 3.08. The van der Waals surface area contributed by atoms with Crippen molar-refractivity contribution in [2.75, 3.05) is 33.7 Å². The zero-order chi connectivity index (χ0) is 12.3. The highest BCUT2D eigenvalue weighted by atomic mass is 15.3. The van der Waals surface area contributed by atoms with Crippen molar-refractivity contribution in [3.8, 4) is 0 Å². The third kappa shape index (κ3) is 3.44. The number of hydrogen-bond donors (Lipinski definition) is 1. The van der Waals surface area contributed by atoms with Crippen LogP contribution in [0.3, 0.4) is 0 Å². The summed E-state index contributed by atoms with van der Waals surface area (Å²) in [5.74, 6) is 0. The van der Waals surface area contributed by atoms with Gasteiger partial charge < -0.3 is 10.2 Å². The van der Waals surface area contributed by atoms with E-state index in [0.29, 0.717) is 17.6 Å². The van der Waals surface area contributed by atoms with E-state index < -0.39 is 0 Å². The van der Waals surface area contributed by atoms with Crippen LogP contribution in [0.5, 0.6) is 0 Å². The second kappa shape index (κ2) is 5.48. The Morgan fingerprint density at radius 3 is 2.50 bits per heavy atom. The molecule has 0 spiro atoms. The van der Waals surface area contributed by atoms with Crippen LogP contribution in [0, 0.1) is 0 Å². The van der Waals surface area contributed by atoms with Gasteiger partial charge in [0.25, 0.3) is 0 Å². The normalized spacial score (nSPS) is 27.4. The van der Waals surface area contributed by atoms with Crippen LogP contribution in [0.25, 0.3) is 0 Å². The molecule has 16 heavy (non-hydrogen) atoms. The molecule has 1 saturated heterocycles. The van der Waals surface area contributed by atoms with Gasteiger partial charge in [0, 0.05) is 30.7 Å². The zero-order valence-corrected chi connectivity index (χ0v) is 11.9. The van der Waals surface area contributed by atoms with Gasteiger partial charge in [0.2, 0.25) is 0 Å². The van der Waals surface area contributed by atoms with E-state index in [1.807, 2.05) is 0 Å². The summed E-state index contributed by atoms with van der Waals surface area (Å²) in [7, 11) is 4.33. The average molecular weight is 227 g/mol. The summed E-state index contributed by atoms with van der Waals surface area (Å²) in [6.45, 7) is 12.8. The highest BCUT2D eigenvalue weighted by Crippen LogP contribution is 2.26. The molecule has 1 rings (SSSR count). The van der Waals surface area contributed by atoms with E-state index in [1.54, 1.807) is 0 Å². The molecule has 0 aromatic heterocycles. The van der Waals surface area contributed by atoms with E-state index in [9.17, 15) is 0 Å². The molecule has 1 aliphatic heterocycles. The Morgan fingerprint density at radius 1 is 1.38 bits per heavy atom. The lowest BCUT2D eigenvalue weighted by molar-refractivity contribution is 0.0338. The highest BCUT2D eigenvalue weighted by molar-refractivity contribution is 4.93. The third-order valence-electron chi connectivity index (χ3n) is 3.52. The second-order valence-electron chi connectivity index (χ2n) is 6.18. The molecule has 1 unspecified atom stereocenters. The molecule has 96 valence electrons. The molecule has 1 atom stereocenters. The Morgan fingerprint density at radius 2 is 2.00 bits per heavy atom. The van der Waals surface area contributed by atoms with E-state index in [4.69, 9.17) is 0 Å². The minimum absolute atomic E-state index is 0.304. The summed E-state index contributed by atoms with van der Waals surface area (Å²) in [6, 6.07) is 1.23. The summed E-state index contributed by atoms with van der Waals surface area (Å²) in [4.78, 5) is 4.98. The third-order valence-corrected chi connectivity index (χ3v) is 3.52. The molecule has 1 N–H and O–H groups in total. The maximum atomic E-state index is 3.57. The first kappa shape index (κ1) is 13.9. The maximum Gasteiger partial charge on any atom is 0.0355 e. The van der Waals surface area contributed by atoms with Gasteiger partial charge in [-0.3, -0.25) is 4.90 Å². The summed E-state index contributed by atoms with van der Waals surface area (Å²) >= 11 is 0. The van der Waals surface area contributed by atoms with Crippen molar-refractivity contribution >= 4 is 0 Å². The first-order valence-electron chi connectivity index (χ1n) is 6.48. The van der Waals surface area contributed by atoms with Crippen molar-refractivity contribution in [2.24, 2.45) is 0 Å². The van der Waals surface area contributed by atoms with Crippen molar-refractivity contribution in [3.05, 3.63) is 0 Å². The topological polar surface area (TPSA) is 18.5 Å². The Balaban J connectivity index is 2.84. The minimum atomic E-state index is 0.304. The monoisotopic (exact) mass is 227 g/mol. The van der Waals surface area contributed by atoms with Crippen LogP contribution in [0.4, 0.5) is 0 Å². The van der Waals surface area contributed by atoms with Crippen molar-refractivity contribution in [3.63, 3.8) is 0 Å². The number of nitrogens with zero attached hydrogens (tertiary/aromatic N) is 2. The standard InChI is InChI=1S/C13H29N3/c1-11(2)16-12(10-15(5)6)9-14-8-7-13(16,3)4/h11-12,14H,7-10H2,1-6H3. The molecule has 0 radical (unpaired) electrons. The molecule has 0 aromatic rings. The largest absolute Gasteiger partial charge is 0.315 e. The van der Waals surface area contributed by atoms with Crippen LogP contribution in [0.2, 0.25) is 0 Å². The number of hydrogen-bond acceptors (Lipinski definition) is 3. The van der Waals surface area contributed by atoms with Gasteiger partial charge in [-0.25, -0.2) is 0 Å². The van der Waals surface area contributed by atoms with Crippen molar-refractivity contribution in [1.29, 1.82) is 0 Å². The average Bonchev–Trinajstić information content (AvgIpc) is 2.22. The van der Waals surface area contributed by atoms with Gasteiger partial charge in [-0.1, -0.05) is 0 Å². The predicted octanol–water partition coefficient (Wildman–Crippen LogP) is 1.40. The first-order valence-corrected chi connectivity index (χ1v) is 6.48. The van der Waals surface area contributed by atoms with Gasteiger partial charge in [-0.2, -0.15) is 0 Å². The Kier molecular flexibility index (Phi) is 4.77. The van der Waals surface area contributed by atoms with E-state index in [2.05, 4.69) is 56.9 Å². The lowest BCUT2D eigenvalue weighted by atomic mass is 9.95. The minimum Gasteiger partial charge on any atom is -0.315 e. The van der Waals surface area contributed by atoms with Crippen LogP contribution in [-0.4, -0.2) is 61.2 Å². The highest BCUT2D eigenvalue weighted by Gasteiger charge is 2.36.